The van der Waals surface area contributed by atoms with Crippen LogP contribution in [0.2, 0.25) is 0 Å². The SMILES string of the molecule is O=C(O)C[C@@H]1CCN1C(=O)c1cc(C2CC2)c(OCC23CC4CC(CC(C4)C2)C3)cc1F. The maximum atomic E-state index is 15.1. The van der Waals surface area contributed by atoms with Gasteiger partial charge in [-0.25, -0.2) is 4.39 Å². The average Bonchev–Trinajstić information content (AvgIpc) is 3.54. The molecule has 0 unspecified atom stereocenters. The fraction of sp³-hybridized carbons (Fsp3) is 0.692. The lowest BCUT2D eigenvalue weighted by atomic mass is 9.50. The van der Waals surface area contributed by atoms with Crippen LogP contribution in [0.3, 0.4) is 0 Å². The molecule has 1 atom stereocenters. The van der Waals surface area contributed by atoms with Crippen molar-refractivity contribution in [1.82, 2.24) is 4.90 Å². The Morgan fingerprint density at radius 3 is 2.25 bits per heavy atom. The summed E-state index contributed by atoms with van der Waals surface area (Å²) in [6.45, 7) is 1.15. The first-order chi connectivity index (χ1) is 15.4. The molecule has 1 aromatic carbocycles. The van der Waals surface area contributed by atoms with Crippen LogP contribution in [0.15, 0.2) is 12.1 Å². The van der Waals surface area contributed by atoms with Crippen LogP contribution in [0, 0.1) is 29.0 Å². The van der Waals surface area contributed by atoms with Gasteiger partial charge in [0.1, 0.15) is 11.6 Å². The molecule has 1 N–H and O–H groups in total. The molecule has 6 fully saturated rings. The molecule has 5 saturated carbocycles. The molecule has 6 aliphatic rings. The normalized spacial score (nSPS) is 35.0. The van der Waals surface area contributed by atoms with Gasteiger partial charge < -0.3 is 14.7 Å². The lowest BCUT2D eigenvalue weighted by Crippen LogP contribution is -2.52. The Bertz CT molecular complexity index is 920. The van der Waals surface area contributed by atoms with E-state index in [1.165, 1.54) is 49.5 Å². The zero-order chi connectivity index (χ0) is 22.0. The standard InChI is InChI=1S/C26H32FNO4/c27-22-10-23(32-14-26-11-15-5-16(12-26)7-17(6-15)13-26)20(18-1-2-18)9-21(22)25(31)28-4-3-19(28)8-24(29)30/h9-10,15-19H,1-8,11-14H2,(H,29,30)/t15?,16?,17?,19-,26?/m0/s1. The van der Waals surface area contributed by atoms with Crippen LogP contribution in [0.4, 0.5) is 4.39 Å². The molecule has 0 spiro atoms. The minimum absolute atomic E-state index is 0.0594. The number of hydrogen-bond acceptors (Lipinski definition) is 3. The van der Waals surface area contributed by atoms with E-state index >= 15 is 4.39 Å². The van der Waals surface area contributed by atoms with Gasteiger partial charge in [0.25, 0.3) is 5.91 Å². The molecule has 1 heterocycles. The Hall–Kier alpha value is -2.11. The number of nitrogens with zero attached hydrogens (tertiary/aromatic N) is 1. The van der Waals surface area contributed by atoms with E-state index in [1.807, 2.05) is 0 Å². The van der Waals surface area contributed by atoms with Crippen molar-refractivity contribution in [2.75, 3.05) is 13.2 Å². The Morgan fingerprint density at radius 1 is 1.06 bits per heavy atom. The van der Waals surface area contributed by atoms with Crippen LogP contribution >= 0.6 is 0 Å². The van der Waals surface area contributed by atoms with E-state index in [4.69, 9.17) is 9.84 Å². The van der Waals surface area contributed by atoms with Gasteiger partial charge in [0.05, 0.1) is 18.6 Å². The monoisotopic (exact) mass is 441 g/mol. The van der Waals surface area contributed by atoms with Gasteiger partial charge >= 0.3 is 5.97 Å². The highest BCUT2D eigenvalue weighted by molar-refractivity contribution is 5.96. The molecule has 6 heteroatoms. The number of carbonyl (C=O) groups is 2. The first-order valence-electron chi connectivity index (χ1n) is 12.4. The quantitative estimate of drug-likeness (QED) is 0.648. The van der Waals surface area contributed by atoms with Gasteiger partial charge in [-0.2, -0.15) is 0 Å². The first kappa shape index (κ1) is 20.5. The van der Waals surface area contributed by atoms with E-state index in [0.717, 1.165) is 36.2 Å². The molecule has 0 aromatic heterocycles. The van der Waals surface area contributed by atoms with Crippen LogP contribution < -0.4 is 4.74 Å². The highest BCUT2D eigenvalue weighted by Crippen LogP contribution is 2.60. The minimum Gasteiger partial charge on any atom is -0.493 e. The summed E-state index contributed by atoms with van der Waals surface area (Å²) in [7, 11) is 0. The molecule has 1 aliphatic heterocycles. The summed E-state index contributed by atoms with van der Waals surface area (Å²) in [6.07, 6.45) is 10.5. The Labute approximate surface area is 188 Å². The Kier molecular flexibility index (Phi) is 4.78. The number of ether oxygens (including phenoxy) is 1. The molecule has 172 valence electrons. The van der Waals surface area contributed by atoms with Crippen LogP contribution in [-0.2, 0) is 4.79 Å². The molecule has 5 nitrogen and oxygen atoms in total. The number of hydrogen-bond donors (Lipinski definition) is 1. The largest absolute Gasteiger partial charge is 0.493 e. The van der Waals surface area contributed by atoms with Crippen molar-refractivity contribution in [2.45, 2.75) is 76.2 Å². The van der Waals surface area contributed by atoms with Gasteiger partial charge in [0, 0.05) is 24.1 Å². The number of benzene rings is 1. The molecule has 1 aromatic rings. The van der Waals surface area contributed by atoms with E-state index < -0.39 is 17.7 Å². The fourth-order valence-corrected chi connectivity index (χ4v) is 7.55. The minimum atomic E-state index is -0.930. The summed E-state index contributed by atoms with van der Waals surface area (Å²) in [5.74, 6) is 1.61. The number of rotatable bonds is 7. The van der Waals surface area contributed by atoms with Crippen LogP contribution in [0.5, 0.6) is 5.75 Å². The van der Waals surface area contributed by atoms with Crippen molar-refractivity contribution in [3.8, 4) is 5.75 Å². The molecule has 7 rings (SSSR count). The number of amides is 1. The molecule has 1 amide bonds. The Morgan fingerprint density at radius 2 is 1.72 bits per heavy atom. The third-order valence-corrected chi connectivity index (χ3v) is 8.86. The number of aliphatic carboxylic acids is 1. The van der Waals surface area contributed by atoms with Crippen LogP contribution in [-0.4, -0.2) is 41.1 Å². The first-order valence-corrected chi connectivity index (χ1v) is 12.4. The second-order valence-corrected chi connectivity index (χ2v) is 11.4. The van der Waals surface area contributed by atoms with Crippen molar-refractivity contribution in [1.29, 1.82) is 0 Å². The summed E-state index contributed by atoms with van der Waals surface area (Å²) in [6, 6.07) is 2.78. The molecule has 0 radical (unpaired) electrons. The van der Waals surface area contributed by atoms with E-state index in [2.05, 4.69) is 0 Å². The van der Waals surface area contributed by atoms with Gasteiger partial charge in [-0.05, 0) is 93.1 Å². The number of carboxylic acids is 1. The zero-order valence-electron chi connectivity index (χ0n) is 18.5. The van der Waals surface area contributed by atoms with Gasteiger partial charge in [-0.15, -0.1) is 0 Å². The molecular weight excluding hydrogens is 409 g/mol. The average molecular weight is 442 g/mol. The van der Waals surface area contributed by atoms with E-state index in [1.54, 1.807) is 6.07 Å². The summed E-state index contributed by atoms with van der Waals surface area (Å²) < 4.78 is 21.5. The smallest absolute Gasteiger partial charge is 0.305 e. The molecule has 4 bridgehead atoms. The van der Waals surface area contributed by atoms with Crippen molar-refractivity contribution in [2.24, 2.45) is 23.2 Å². The number of carboxylic acid groups (broad SMARTS) is 1. The number of carbonyl (C=O) groups excluding carboxylic acids is 1. The topological polar surface area (TPSA) is 66.8 Å². The lowest BCUT2D eigenvalue weighted by Gasteiger charge is -2.56. The maximum Gasteiger partial charge on any atom is 0.305 e. The fourth-order valence-electron chi connectivity index (χ4n) is 7.55. The molecular formula is C26H32FNO4. The molecule has 1 saturated heterocycles. The second kappa shape index (κ2) is 7.46. The lowest BCUT2D eigenvalue weighted by molar-refractivity contribution is -0.139. The van der Waals surface area contributed by atoms with Gasteiger partial charge in [-0.1, -0.05) is 0 Å². The second-order valence-electron chi connectivity index (χ2n) is 11.4. The highest BCUT2D eigenvalue weighted by Gasteiger charge is 2.51. The van der Waals surface area contributed by atoms with Gasteiger partial charge in [-0.3, -0.25) is 9.59 Å². The predicted molar refractivity (Wildman–Crippen MR) is 116 cm³/mol. The molecule has 32 heavy (non-hydrogen) atoms. The predicted octanol–water partition coefficient (Wildman–Crippen LogP) is 4.99. The van der Waals surface area contributed by atoms with Gasteiger partial charge in [0.2, 0.25) is 0 Å². The third kappa shape index (κ3) is 3.60. The van der Waals surface area contributed by atoms with Crippen LogP contribution in [0.25, 0.3) is 0 Å². The van der Waals surface area contributed by atoms with Crippen molar-refractivity contribution >= 4 is 11.9 Å². The van der Waals surface area contributed by atoms with Crippen molar-refractivity contribution in [3.63, 3.8) is 0 Å². The summed E-state index contributed by atoms with van der Waals surface area (Å²) >= 11 is 0. The molecule has 5 aliphatic carbocycles. The number of halogens is 1. The third-order valence-electron chi connectivity index (χ3n) is 8.86. The summed E-state index contributed by atoms with van der Waals surface area (Å²) in [4.78, 5) is 25.5. The van der Waals surface area contributed by atoms with Crippen molar-refractivity contribution in [3.05, 3.63) is 29.1 Å². The van der Waals surface area contributed by atoms with Crippen molar-refractivity contribution < 1.29 is 23.8 Å². The highest BCUT2D eigenvalue weighted by atomic mass is 19.1. The van der Waals surface area contributed by atoms with Crippen LogP contribution in [0.1, 0.15) is 86.0 Å². The summed E-state index contributed by atoms with van der Waals surface area (Å²) in [5.41, 5.74) is 1.27. The van der Waals surface area contributed by atoms with E-state index in [0.29, 0.717) is 31.2 Å². The summed E-state index contributed by atoms with van der Waals surface area (Å²) in [5, 5.41) is 9.05. The van der Waals surface area contributed by atoms with Gasteiger partial charge in [0.15, 0.2) is 0 Å². The maximum absolute atomic E-state index is 15.1. The Balaban J connectivity index is 1.21. The number of likely N-dealkylation sites (tertiary alicyclic amines) is 1. The van der Waals surface area contributed by atoms with E-state index in [9.17, 15) is 9.59 Å². The van der Waals surface area contributed by atoms with E-state index in [-0.39, 0.29) is 23.4 Å². The zero-order valence-corrected chi connectivity index (χ0v) is 18.5.